The maximum atomic E-state index is 12.8. The fourth-order valence-corrected chi connectivity index (χ4v) is 4.15. The Labute approximate surface area is 192 Å². The molecule has 0 bridgehead atoms. The van der Waals surface area contributed by atoms with Gasteiger partial charge >= 0.3 is 5.97 Å². The number of halogens is 2. The second-order valence-electron chi connectivity index (χ2n) is 7.47. The van der Waals surface area contributed by atoms with Gasteiger partial charge in [-0.15, -0.1) is 0 Å². The predicted molar refractivity (Wildman–Crippen MR) is 123 cm³/mol. The number of hydrogen-bond donors (Lipinski definition) is 1. The first-order valence-corrected chi connectivity index (χ1v) is 10.9. The molecule has 4 rings (SSSR count). The van der Waals surface area contributed by atoms with Gasteiger partial charge < -0.3 is 5.11 Å². The highest BCUT2D eigenvalue weighted by Crippen LogP contribution is 2.36. The van der Waals surface area contributed by atoms with Gasteiger partial charge in [-0.25, -0.2) is 9.99 Å². The third kappa shape index (κ3) is 4.62. The van der Waals surface area contributed by atoms with E-state index in [1.165, 1.54) is 5.01 Å². The van der Waals surface area contributed by atoms with Crippen molar-refractivity contribution in [1.82, 2.24) is 9.99 Å². The van der Waals surface area contributed by atoms with Crippen LogP contribution >= 0.6 is 27.5 Å². The minimum atomic E-state index is -1.02. The van der Waals surface area contributed by atoms with Crippen molar-refractivity contribution in [2.75, 3.05) is 0 Å². The Hall–Kier alpha value is -2.77. The fourth-order valence-electron chi connectivity index (χ4n) is 3.63. The molecule has 2 heterocycles. The van der Waals surface area contributed by atoms with E-state index in [0.717, 1.165) is 26.5 Å². The van der Waals surface area contributed by atoms with Gasteiger partial charge in [-0.1, -0.05) is 51.8 Å². The molecule has 158 valence electrons. The molecule has 1 aromatic heterocycles. The first-order valence-electron chi connectivity index (χ1n) is 9.76. The van der Waals surface area contributed by atoms with Crippen molar-refractivity contribution in [2.45, 2.75) is 32.2 Å². The molecular weight excluding hydrogens is 482 g/mol. The summed E-state index contributed by atoms with van der Waals surface area (Å²) in [5.41, 5.74) is 4.12. The molecule has 1 atom stereocenters. The van der Waals surface area contributed by atoms with Gasteiger partial charge in [0.2, 0.25) is 5.91 Å². The lowest BCUT2D eigenvalue weighted by Gasteiger charge is -2.22. The molecule has 3 aromatic rings. The quantitative estimate of drug-likeness (QED) is 0.469. The molecule has 0 saturated carbocycles. The van der Waals surface area contributed by atoms with E-state index in [4.69, 9.17) is 16.7 Å². The van der Waals surface area contributed by atoms with Gasteiger partial charge in [0.05, 0.1) is 23.7 Å². The van der Waals surface area contributed by atoms with Gasteiger partial charge in [-0.3, -0.25) is 9.59 Å². The highest BCUT2D eigenvalue weighted by molar-refractivity contribution is 9.10. The molecule has 0 fully saturated rings. The van der Waals surface area contributed by atoms with Crippen LogP contribution in [0.3, 0.4) is 0 Å². The molecule has 1 amide bonds. The lowest BCUT2D eigenvalue weighted by atomic mass is 9.98. The van der Waals surface area contributed by atoms with E-state index in [-0.39, 0.29) is 24.8 Å². The van der Waals surface area contributed by atoms with Crippen LogP contribution in [0.25, 0.3) is 10.9 Å². The SMILES string of the molecule is Cc1ccc2cc(C3=NN(C(=O)CCC(=O)O)C(c4ccc(Br)cc4)C3)c(Cl)nc2c1. The Morgan fingerprint density at radius 2 is 1.90 bits per heavy atom. The minimum Gasteiger partial charge on any atom is -0.481 e. The zero-order chi connectivity index (χ0) is 22.1. The van der Waals surface area contributed by atoms with E-state index in [0.29, 0.717) is 22.8 Å². The Morgan fingerprint density at radius 1 is 1.16 bits per heavy atom. The zero-order valence-electron chi connectivity index (χ0n) is 16.7. The number of fused-ring (bicyclic) bond motifs is 1. The number of nitrogens with zero attached hydrogens (tertiary/aromatic N) is 3. The monoisotopic (exact) mass is 499 g/mol. The summed E-state index contributed by atoms with van der Waals surface area (Å²) >= 11 is 9.93. The fraction of sp³-hybridized carbons (Fsp3) is 0.217. The first-order chi connectivity index (χ1) is 14.8. The predicted octanol–water partition coefficient (Wildman–Crippen LogP) is 5.50. The van der Waals surface area contributed by atoms with Gasteiger partial charge in [0.1, 0.15) is 5.15 Å². The van der Waals surface area contributed by atoms with Crippen molar-refractivity contribution < 1.29 is 14.7 Å². The number of hydrogen-bond acceptors (Lipinski definition) is 4. The van der Waals surface area contributed by atoms with Gasteiger partial charge in [0.15, 0.2) is 0 Å². The standard InChI is InChI=1S/C23H19BrClN3O3/c1-13-2-3-15-11-17(23(25)26-18(15)10-13)19-12-20(14-4-6-16(24)7-5-14)28(27-19)21(29)8-9-22(30)31/h2-7,10-11,20H,8-9,12H2,1H3,(H,30,31). The van der Waals surface area contributed by atoms with Crippen LogP contribution in [0.2, 0.25) is 5.15 Å². The number of carboxylic acids is 1. The summed E-state index contributed by atoms with van der Waals surface area (Å²) < 4.78 is 0.927. The number of carboxylic acid groups (broad SMARTS) is 1. The molecular formula is C23H19BrClN3O3. The molecule has 1 unspecified atom stereocenters. The van der Waals surface area contributed by atoms with Crippen molar-refractivity contribution in [2.24, 2.45) is 5.10 Å². The molecule has 0 saturated heterocycles. The van der Waals surface area contributed by atoms with E-state index < -0.39 is 5.97 Å². The van der Waals surface area contributed by atoms with Crippen LogP contribution in [-0.2, 0) is 9.59 Å². The highest BCUT2D eigenvalue weighted by Gasteiger charge is 2.34. The molecule has 0 radical (unpaired) electrons. The number of hydrazone groups is 1. The third-order valence-electron chi connectivity index (χ3n) is 5.21. The summed E-state index contributed by atoms with van der Waals surface area (Å²) in [6.45, 7) is 1.99. The normalized spacial score (nSPS) is 15.9. The van der Waals surface area contributed by atoms with E-state index in [9.17, 15) is 9.59 Å². The second-order valence-corrected chi connectivity index (χ2v) is 8.75. The van der Waals surface area contributed by atoms with Crippen LogP contribution in [0.15, 0.2) is 58.1 Å². The molecule has 8 heteroatoms. The largest absolute Gasteiger partial charge is 0.481 e. The number of amides is 1. The Morgan fingerprint density at radius 3 is 2.61 bits per heavy atom. The smallest absolute Gasteiger partial charge is 0.303 e. The number of carbonyl (C=O) groups is 2. The molecule has 1 N–H and O–H groups in total. The molecule has 1 aliphatic heterocycles. The summed E-state index contributed by atoms with van der Waals surface area (Å²) in [7, 11) is 0. The number of carbonyl (C=O) groups excluding carboxylic acids is 1. The summed E-state index contributed by atoms with van der Waals surface area (Å²) in [5.74, 6) is -1.36. The Kier molecular flexibility index (Phi) is 6.07. The number of benzene rings is 2. The van der Waals surface area contributed by atoms with E-state index in [1.807, 2.05) is 55.5 Å². The summed E-state index contributed by atoms with van der Waals surface area (Å²) in [6, 6.07) is 15.2. The molecule has 0 spiro atoms. The second kappa shape index (κ2) is 8.77. The summed E-state index contributed by atoms with van der Waals surface area (Å²) in [6.07, 6.45) is 0.0895. The summed E-state index contributed by atoms with van der Waals surface area (Å²) in [5, 5.41) is 16.2. The summed E-state index contributed by atoms with van der Waals surface area (Å²) in [4.78, 5) is 28.3. The maximum Gasteiger partial charge on any atom is 0.303 e. The minimum absolute atomic E-state index is 0.123. The van der Waals surface area contributed by atoms with Gasteiger partial charge in [0.25, 0.3) is 0 Å². The molecule has 0 aliphatic carbocycles. The third-order valence-corrected chi connectivity index (χ3v) is 6.03. The van der Waals surface area contributed by atoms with Crippen molar-refractivity contribution in [1.29, 1.82) is 0 Å². The number of aryl methyl sites for hydroxylation is 1. The lowest BCUT2D eigenvalue weighted by molar-refractivity contribution is -0.141. The van der Waals surface area contributed by atoms with Crippen molar-refractivity contribution >= 4 is 56.0 Å². The number of rotatable bonds is 5. The molecule has 2 aromatic carbocycles. The van der Waals surface area contributed by atoms with Crippen molar-refractivity contribution in [3.8, 4) is 0 Å². The van der Waals surface area contributed by atoms with Gasteiger partial charge in [0, 0.05) is 28.3 Å². The maximum absolute atomic E-state index is 12.8. The van der Waals surface area contributed by atoms with E-state index in [1.54, 1.807) is 0 Å². The Bertz CT molecular complexity index is 1210. The van der Waals surface area contributed by atoms with E-state index in [2.05, 4.69) is 26.0 Å². The topological polar surface area (TPSA) is 82.9 Å². The highest BCUT2D eigenvalue weighted by atomic mass is 79.9. The average Bonchev–Trinajstić information content (AvgIpc) is 3.17. The average molecular weight is 501 g/mol. The van der Waals surface area contributed by atoms with Crippen molar-refractivity contribution in [3.05, 3.63) is 74.8 Å². The Balaban J connectivity index is 1.72. The van der Waals surface area contributed by atoms with Crippen molar-refractivity contribution in [3.63, 3.8) is 0 Å². The van der Waals surface area contributed by atoms with Gasteiger partial charge in [-0.2, -0.15) is 5.10 Å². The number of pyridine rings is 1. The van der Waals surface area contributed by atoms with Crippen LogP contribution in [-0.4, -0.2) is 32.7 Å². The molecule has 31 heavy (non-hydrogen) atoms. The van der Waals surface area contributed by atoms with Crippen LogP contribution in [0.5, 0.6) is 0 Å². The van der Waals surface area contributed by atoms with E-state index >= 15 is 0 Å². The molecule has 1 aliphatic rings. The van der Waals surface area contributed by atoms with Crippen LogP contribution in [0.1, 0.15) is 42.0 Å². The number of aromatic nitrogens is 1. The number of aliphatic carboxylic acids is 1. The zero-order valence-corrected chi connectivity index (χ0v) is 19.0. The molecule has 6 nitrogen and oxygen atoms in total. The first kappa shape index (κ1) is 21.5. The lowest BCUT2D eigenvalue weighted by Crippen LogP contribution is -2.27. The van der Waals surface area contributed by atoms with Crippen LogP contribution in [0.4, 0.5) is 0 Å². The van der Waals surface area contributed by atoms with Crippen LogP contribution in [0, 0.1) is 6.92 Å². The van der Waals surface area contributed by atoms with Crippen LogP contribution < -0.4 is 0 Å². The van der Waals surface area contributed by atoms with Gasteiger partial charge in [-0.05, 0) is 42.3 Å².